The van der Waals surface area contributed by atoms with Crippen molar-refractivity contribution in [3.05, 3.63) is 0 Å². The Kier molecular flexibility index (Phi) is 18.8. The van der Waals surface area contributed by atoms with Crippen LogP contribution in [0.5, 0.6) is 0 Å². The predicted molar refractivity (Wildman–Crippen MR) is 116 cm³/mol. The van der Waals surface area contributed by atoms with E-state index in [2.05, 4.69) is 31.2 Å². The maximum atomic E-state index is 11.0. The van der Waals surface area contributed by atoms with Crippen molar-refractivity contribution in [3.63, 3.8) is 0 Å². The van der Waals surface area contributed by atoms with Gasteiger partial charge in [0, 0.05) is 19.5 Å². The van der Waals surface area contributed by atoms with Gasteiger partial charge in [-0.05, 0) is 26.9 Å². The molecule has 0 heterocycles. The fraction of sp³-hybridized carbons (Fsp3) is 0.957. The third-order valence-electron chi connectivity index (χ3n) is 5.47. The summed E-state index contributed by atoms with van der Waals surface area (Å²) in [6.07, 6.45) is 22.1. The number of amides is 1. The van der Waals surface area contributed by atoms with Gasteiger partial charge in [-0.3, -0.25) is 4.79 Å². The molecule has 1 unspecified atom stereocenters. The van der Waals surface area contributed by atoms with Crippen LogP contribution >= 0.6 is 0 Å². The Morgan fingerprint density at radius 1 is 0.731 bits per heavy atom. The second-order valence-corrected chi connectivity index (χ2v) is 8.27. The summed E-state index contributed by atoms with van der Waals surface area (Å²) in [7, 11) is 4.31. The van der Waals surface area contributed by atoms with Gasteiger partial charge in [-0.15, -0.1) is 0 Å². The van der Waals surface area contributed by atoms with Gasteiger partial charge in [0.15, 0.2) is 0 Å². The molecule has 0 spiro atoms. The van der Waals surface area contributed by atoms with Crippen molar-refractivity contribution in [2.24, 2.45) is 0 Å². The Hall–Kier alpha value is -0.570. The molecule has 0 aromatic rings. The summed E-state index contributed by atoms with van der Waals surface area (Å²) in [5.41, 5.74) is 0. The maximum absolute atomic E-state index is 11.0. The highest BCUT2D eigenvalue weighted by molar-refractivity contribution is 5.72. The van der Waals surface area contributed by atoms with E-state index in [-0.39, 0.29) is 5.91 Å². The first kappa shape index (κ1) is 25.4. The number of hydrogen-bond donors (Lipinski definition) is 1. The fourth-order valence-corrected chi connectivity index (χ4v) is 3.65. The summed E-state index contributed by atoms with van der Waals surface area (Å²) in [4.78, 5) is 13.3. The number of nitrogens with zero attached hydrogens (tertiary/aromatic N) is 1. The van der Waals surface area contributed by atoms with E-state index in [1.807, 2.05) is 0 Å². The van der Waals surface area contributed by atoms with Crippen LogP contribution in [0.15, 0.2) is 0 Å². The van der Waals surface area contributed by atoms with Gasteiger partial charge < -0.3 is 10.2 Å². The molecule has 0 aliphatic carbocycles. The first-order valence-electron chi connectivity index (χ1n) is 11.5. The van der Waals surface area contributed by atoms with E-state index in [9.17, 15) is 4.79 Å². The van der Waals surface area contributed by atoms with Crippen LogP contribution in [0.2, 0.25) is 0 Å². The van der Waals surface area contributed by atoms with Crippen LogP contribution in [0, 0.1) is 0 Å². The molecule has 0 rings (SSSR count). The molecular weight excluding hydrogens is 320 g/mol. The normalized spacial score (nSPS) is 12.5. The van der Waals surface area contributed by atoms with Crippen molar-refractivity contribution in [1.29, 1.82) is 0 Å². The zero-order chi connectivity index (χ0) is 19.5. The number of carbonyl (C=O) groups excluding carboxylic acids is 1. The molecule has 156 valence electrons. The van der Waals surface area contributed by atoms with E-state index in [0.717, 1.165) is 13.0 Å². The topological polar surface area (TPSA) is 32.3 Å². The zero-order valence-electron chi connectivity index (χ0n) is 18.5. The van der Waals surface area contributed by atoms with E-state index in [4.69, 9.17) is 0 Å². The van der Waals surface area contributed by atoms with Crippen LogP contribution < -0.4 is 5.32 Å². The van der Waals surface area contributed by atoms with Crippen LogP contribution in [-0.2, 0) is 4.79 Å². The minimum Gasteiger partial charge on any atom is -0.356 e. The van der Waals surface area contributed by atoms with Gasteiger partial charge in [-0.2, -0.15) is 0 Å². The SMILES string of the molecule is CCCCCCCCCCCCCCCCC(CCNC(C)=O)N(C)C. The average molecular weight is 369 g/mol. The summed E-state index contributed by atoms with van der Waals surface area (Å²) in [5, 5.41) is 2.92. The first-order valence-corrected chi connectivity index (χ1v) is 11.5. The lowest BCUT2D eigenvalue weighted by Crippen LogP contribution is -2.32. The van der Waals surface area contributed by atoms with E-state index < -0.39 is 0 Å². The van der Waals surface area contributed by atoms with Crippen LogP contribution in [0.1, 0.15) is 117 Å². The van der Waals surface area contributed by atoms with Crippen molar-refractivity contribution in [1.82, 2.24) is 10.2 Å². The summed E-state index contributed by atoms with van der Waals surface area (Å²) >= 11 is 0. The average Bonchev–Trinajstić information content (AvgIpc) is 2.60. The first-order chi connectivity index (χ1) is 12.6. The Morgan fingerprint density at radius 2 is 1.15 bits per heavy atom. The minimum absolute atomic E-state index is 0.0824. The predicted octanol–water partition coefficient (Wildman–Crippen LogP) is 6.31. The lowest BCUT2D eigenvalue weighted by molar-refractivity contribution is -0.119. The highest BCUT2D eigenvalue weighted by Gasteiger charge is 2.10. The molecule has 0 aromatic heterocycles. The van der Waals surface area contributed by atoms with Crippen molar-refractivity contribution in [2.75, 3.05) is 20.6 Å². The maximum Gasteiger partial charge on any atom is 0.216 e. The van der Waals surface area contributed by atoms with Crippen molar-refractivity contribution >= 4 is 5.91 Å². The molecule has 0 aliphatic rings. The molecule has 3 heteroatoms. The van der Waals surface area contributed by atoms with Gasteiger partial charge in [-0.25, -0.2) is 0 Å². The molecule has 26 heavy (non-hydrogen) atoms. The second-order valence-electron chi connectivity index (χ2n) is 8.27. The monoisotopic (exact) mass is 368 g/mol. The Morgan fingerprint density at radius 3 is 1.54 bits per heavy atom. The van der Waals surface area contributed by atoms with E-state index in [0.29, 0.717) is 6.04 Å². The van der Waals surface area contributed by atoms with Crippen LogP contribution in [0.3, 0.4) is 0 Å². The summed E-state index contributed by atoms with van der Waals surface area (Å²) in [5.74, 6) is 0.0824. The van der Waals surface area contributed by atoms with Gasteiger partial charge in [0.25, 0.3) is 0 Å². The van der Waals surface area contributed by atoms with Crippen LogP contribution in [0.4, 0.5) is 0 Å². The standard InChI is InChI=1S/C23H48N2O/c1-5-6-7-8-9-10-11-12-13-14-15-16-17-18-19-23(25(3)4)20-21-24-22(2)26/h23H,5-21H2,1-4H3,(H,24,26). The molecule has 0 fully saturated rings. The number of nitrogens with one attached hydrogen (secondary N) is 1. The number of rotatable bonds is 19. The van der Waals surface area contributed by atoms with Crippen molar-refractivity contribution in [2.45, 2.75) is 123 Å². The third kappa shape index (κ3) is 18.2. The summed E-state index contributed by atoms with van der Waals surface area (Å²) in [6.45, 7) is 4.68. The molecule has 0 saturated carbocycles. The molecule has 3 nitrogen and oxygen atoms in total. The number of hydrogen-bond acceptors (Lipinski definition) is 2. The van der Waals surface area contributed by atoms with Crippen LogP contribution in [-0.4, -0.2) is 37.5 Å². The van der Waals surface area contributed by atoms with Crippen LogP contribution in [0.25, 0.3) is 0 Å². The zero-order valence-corrected chi connectivity index (χ0v) is 18.5. The van der Waals surface area contributed by atoms with E-state index >= 15 is 0 Å². The lowest BCUT2D eigenvalue weighted by Gasteiger charge is -2.24. The second kappa shape index (κ2) is 19.2. The highest BCUT2D eigenvalue weighted by Crippen LogP contribution is 2.15. The van der Waals surface area contributed by atoms with E-state index in [1.54, 1.807) is 6.92 Å². The van der Waals surface area contributed by atoms with Gasteiger partial charge in [0.05, 0.1) is 0 Å². The van der Waals surface area contributed by atoms with Gasteiger partial charge >= 0.3 is 0 Å². The Bertz CT molecular complexity index is 305. The highest BCUT2D eigenvalue weighted by atomic mass is 16.1. The molecular formula is C23H48N2O. The number of carbonyl (C=O) groups is 1. The molecule has 0 saturated heterocycles. The van der Waals surface area contributed by atoms with Gasteiger partial charge in [0.1, 0.15) is 0 Å². The molecule has 0 radical (unpaired) electrons. The Balaban J connectivity index is 3.36. The largest absolute Gasteiger partial charge is 0.356 e. The van der Waals surface area contributed by atoms with Crippen molar-refractivity contribution < 1.29 is 4.79 Å². The van der Waals surface area contributed by atoms with Crippen molar-refractivity contribution in [3.8, 4) is 0 Å². The molecule has 0 bridgehead atoms. The molecule has 1 atom stereocenters. The summed E-state index contributed by atoms with van der Waals surface area (Å²) < 4.78 is 0. The third-order valence-corrected chi connectivity index (χ3v) is 5.47. The molecule has 1 N–H and O–H groups in total. The number of unbranched alkanes of at least 4 members (excludes halogenated alkanes) is 13. The van der Waals surface area contributed by atoms with Gasteiger partial charge in [-0.1, -0.05) is 96.8 Å². The Labute approximate surface area is 164 Å². The minimum atomic E-state index is 0.0824. The molecule has 0 aromatic carbocycles. The lowest BCUT2D eigenvalue weighted by atomic mass is 10.0. The van der Waals surface area contributed by atoms with E-state index in [1.165, 1.54) is 96.3 Å². The quantitative estimate of drug-likeness (QED) is 0.271. The molecule has 1 amide bonds. The fourth-order valence-electron chi connectivity index (χ4n) is 3.65. The van der Waals surface area contributed by atoms with Gasteiger partial charge in [0.2, 0.25) is 5.91 Å². The molecule has 0 aliphatic heterocycles. The smallest absolute Gasteiger partial charge is 0.216 e. The summed E-state index contributed by atoms with van der Waals surface area (Å²) in [6, 6.07) is 0.596.